The Morgan fingerprint density at radius 3 is 2.93 bits per heavy atom. The third-order valence-electron chi connectivity index (χ3n) is 2.35. The molecular weight excluding hydrogens is 212 g/mol. The van der Waals surface area contributed by atoms with Crippen molar-refractivity contribution in [3.8, 4) is 0 Å². The van der Waals surface area contributed by atoms with E-state index in [4.69, 9.17) is 4.74 Å². The third-order valence-corrected chi connectivity index (χ3v) is 3.14. The van der Waals surface area contributed by atoms with Gasteiger partial charge in [0.15, 0.2) is 0 Å². The average Bonchev–Trinajstić information content (AvgIpc) is 2.96. The van der Waals surface area contributed by atoms with Crippen molar-refractivity contribution in [3.63, 3.8) is 0 Å². The molecule has 4 nitrogen and oxygen atoms in total. The van der Waals surface area contributed by atoms with E-state index in [-0.39, 0.29) is 5.97 Å². The normalized spacial score (nSPS) is 17.5. The standard InChI is InChI=1S/C10H14N2O2S/c1-6-11-8(5-15-6)9(10(13)14-2)12-7-3-4-7/h5,7,9,12H,3-4H2,1-2H3. The molecular formula is C10H14N2O2S. The molecule has 1 aliphatic rings. The molecule has 0 amide bonds. The van der Waals surface area contributed by atoms with Crippen LogP contribution in [0.25, 0.3) is 0 Å². The maximum atomic E-state index is 11.6. The van der Waals surface area contributed by atoms with Crippen LogP contribution in [-0.4, -0.2) is 24.1 Å². The summed E-state index contributed by atoms with van der Waals surface area (Å²) in [5.41, 5.74) is 0.774. The molecule has 0 saturated heterocycles. The molecule has 15 heavy (non-hydrogen) atoms. The largest absolute Gasteiger partial charge is 0.468 e. The Balaban J connectivity index is 2.12. The number of nitrogens with zero attached hydrogens (tertiary/aromatic N) is 1. The molecule has 1 N–H and O–H groups in total. The summed E-state index contributed by atoms with van der Waals surface area (Å²) >= 11 is 1.55. The van der Waals surface area contributed by atoms with Crippen LogP contribution in [0.15, 0.2) is 5.38 Å². The number of hydrogen-bond acceptors (Lipinski definition) is 5. The highest BCUT2D eigenvalue weighted by molar-refractivity contribution is 7.09. The van der Waals surface area contributed by atoms with Gasteiger partial charge in [0.05, 0.1) is 17.8 Å². The zero-order valence-electron chi connectivity index (χ0n) is 8.82. The molecule has 0 radical (unpaired) electrons. The highest BCUT2D eigenvalue weighted by Gasteiger charge is 2.31. The molecule has 0 aliphatic heterocycles. The number of ether oxygens (including phenoxy) is 1. The summed E-state index contributed by atoms with van der Waals surface area (Å²) < 4.78 is 4.77. The van der Waals surface area contributed by atoms with Crippen molar-refractivity contribution in [1.29, 1.82) is 0 Å². The Morgan fingerprint density at radius 1 is 1.73 bits per heavy atom. The predicted octanol–water partition coefficient (Wildman–Crippen LogP) is 1.42. The van der Waals surface area contributed by atoms with E-state index < -0.39 is 6.04 Å². The van der Waals surface area contributed by atoms with Crippen LogP contribution < -0.4 is 5.32 Å². The van der Waals surface area contributed by atoms with Gasteiger partial charge in [0.2, 0.25) is 0 Å². The minimum atomic E-state index is -0.396. The first-order valence-electron chi connectivity index (χ1n) is 4.96. The fourth-order valence-electron chi connectivity index (χ4n) is 1.39. The van der Waals surface area contributed by atoms with E-state index in [1.165, 1.54) is 7.11 Å². The van der Waals surface area contributed by atoms with Gasteiger partial charge in [-0.3, -0.25) is 5.32 Å². The van der Waals surface area contributed by atoms with E-state index >= 15 is 0 Å². The summed E-state index contributed by atoms with van der Waals surface area (Å²) in [6.45, 7) is 1.93. The van der Waals surface area contributed by atoms with Crippen LogP contribution in [0, 0.1) is 6.92 Å². The van der Waals surface area contributed by atoms with Crippen LogP contribution in [0.4, 0.5) is 0 Å². The maximum absolute atomic E-state index is 11.6. The van der Waals surface area contributed by atoms with E-state index in [0.29, 0.717) is 6.04 Å². The Bertz CT molecular complexity index is 360. The van der Waals surface area contributed by atoms with E-state index in [1.54, 1.807) is 11.3 Å². The van der Waals surface area contributed by atoms with Crippen LogP contribution in [0.3, 0.4) is 0 Å². The molecule has 2 rings (SSSR count). The topological polar surface area (TPSA) is 51.2 Å². The number of aryl methyl sites for hydroxylation is 1. The quantitative estimate of drug-likeness (QED) is 0.789. The van der Waals surface area contributed by atoms with Gasteiger partial charge in [-0.05, 0) is 19.8 Å². The molecule has 1 fully saturated rings. The number of methoxy groups -OCH3 is 1. The van der Waals surface area contributed by atoms with Gasteiger partial charge in [-0.1, -0.05) is 0 Å². The zero-order valence-corrected chi connectivity index (χ0v) is 9.63. The summed E-state index contributed by atoms with van der Waals surface area (Å²) in [7, 11) is 1.41. The predicted molar refractivity (Wildman–Crippen MR) is 57.8 cm³/mol. The molecule has 82 valence electrons. The van der Waals surface area contributed by atoms with Crippen LogP contribution in [0.1, 0.15) is 29.6 Å². The fourth-order valence-corrected chi connectivity index (χ4v) is 2.03. The summed E-state index contributed by atoms with van der Waals surface area (Å²) in [5.74, 6) is -0.257. The smallest absolute Gasteiger partial charge is 0.329 e. The van der Waals surface area contributed by atoms with Gasteiger partial charge in [-0.2, -0.15) is 0 Å². The number of thiazole rings is 1. The molecule has 1 aliphatic carbocycles. The number of nitrogens with one attached hydrogen (secondary N) is 1. The van der Waals surface area contributed by atoms with Gasteiger partial charge in [0, 0.05) is 11.4 Å². The van der Waals surface area contributed by atoms with Crippen molar-refractivity contribution < 1.29 is 9.53 Å². The van der Waals surface area contributed by atoms with Gasteiger partial charge in [-0.25, -0.2) is 9.78 Å². The number of esters is 1. The van der Waals surface area contributed by atoms with Crippen LogP contribution in [0.5, 0.6) is 0 Å². The molecule has 0 aromatic carbocycles. The van der Waals surface area contributed by atoms with Gasteiger partial charge in [0.25, 0.3) is 0 Å². The lowest BCUT2D eigenvalue weighted by Gasteiger charge is -2.13. The van der Waals surface area contributed by atoms with Crippen molar-refractivity contribution in [2.24, 2.45) is 0 Å². The molecule has 1 heterocycles. The second-order valence-electron chi connectivity index (χ2n) is 3.69. The molecule has 1 aromatic heterocycles. The summed E-state index contributed by atoms with van der Waals surface area (Å²) in [5, 5.41) is 6.12. The maximum Gasteiger partial charge on any atom is 0.329 e. The van der Waals surface area contributed by atoms with E-state index in [1.807, 2.05) is 12.3 Å². The van der Waals surface area contributed by atoms with Crippen molar-refractivity contribution in [2.75, 3.05) is 7.11 Å². The minimum Gasteiger partial charge on any atom is -0.468 e. The monoisotopic (exact) mass is 226 g/mol. The third kappa shape index (κ3) is 2.54. The number of carbonyl (C=O) groups excluding carboxylic acids is 1. The highest BCUT2D eigenvalue weighted by Crippen LogP contribution is 2.25. The molecule has 0 spiro atoms. The summed E-state index contributed by atoms with van der Waals surface area (Å²) in [6, 6.07) is 0.0588. The molecule has 5 heteroatoms. The van der Waals surface area contributed by atoms with Crippen molar-refractivity contribution in [3.05, 3.63) is 16.1 Å². The van der Waals surface area contributed by atoms with Gasteiger partial charge >= 0.3 is 5.97 Å². The van der Waals surface area contributed by atoms with E-state index in [2.05, 4.69) is 10.3 Å². The van der Waals surface area contributed by atoms with Gasteiger partial charge in [-0.15, -0.1) is 11.3 Å². The number of aromatic nitrogens is 1. The number of hydrogen-bond donors (Lipinski definition) is 1. The van der Waals surface area contributed by atoms with Crippen LogP contribution >= 0.6 is 11.3 Å². The Labute approximate surface area is 92.7 Å². The zero-order chi connectivity index (χ0) is 10.8. The second kappa shape index (κ2) is 4.28. The Kier molecular flexibility index (Phi) is 3.02. The second-order valence-corrected chi connectivity index (χ2v) is 4.75. The Morgan fingerprint density at radius 2 is 2.47 bits per heavy atom. The van der Waals surface area contributed by atoms with E-state index in [0.717, 1.165) is 23.5 Å². The fraction of sp³-hybridized carbons (Fsp3) is 0.600. The first-order valence-corrected chi connectivity index (χ1v) is 5.84. The summed E-state index contributed by atoms with van der Waals surface area (Å²) in [4.78, 5) is 15.9. The molecule has 1 atom stereocenters. The first kappa shape index (κ1) is 10.6. The first-order chi connectivity index (χ1) is 7.20. The highest BCUT2D eigenvalue weighted by atomic mass is 32.1. The molecule has 0 bridgehead atoms. The van der Waals surface area contributed by atoms with E-state index in [9.17, 15) is 4.79 Å². The van der Waals surface area contributed by atoms with Crippen molar-refractivity contribution in [2.45, 2.75) is 31.8 Å². The minimum absolute atomic E-state index is 0.257. The molecule has 1 unspecified atom stereocenters. The summed E-state index contributed by atoms with van der Waals surface area (Å²) in [6.07, 6.45) is 2.27. The van der Waals surface area contributed by atoms with Crippen molar-refractivity contribution in [1.82, 2.24) is 10.3 Å². The average molecular weight is 226 g/mol. The Hall–Kier alpha value is -0.940. The van der Waals surface area contributed by atoms with Crippen molar-refractivity contribution >= 4 is 17.3 Å². The SMILES string of the molecule is COC(=O)C(NC1CC1)c1csc(C)n1. The van der Waals surface area contributed by atoms with Crippen LogP contribution in [0.2, 0.25) is 0 Å². The van der Waals surface area contributed by atoms with Gasteiger partial charge in [0.1, 0.15) is 6.04 Å². The number of carbonyl (C=O) groups is 1. The van der Waals surface area contributed by atoms with Gasteiger partial charge < -0.3 is 4.74 Å². The molecule has 1 aromatic rings. The lowest BCUT2D eigenvalue weighted by Crippen LogP contribution is -2.31. The lowest BCUT2D eigenvalue weighted by atomic mass is 10.2. The lowest BCUT2D eigenvalue weighted by molar-refractivity contribution is -0.143. The van der Waals surface area contributed by atoms with Crippen LogP contribution in [-0.2, 0) is 9.53 Å². The molecule has 1 saturated carbocycles. The number of rotatable bonds is 4.